The zero-order valence-corrected chi connectivity index (χ0v) is 27.1. The van der Waals surface area contributed by atoms with E-state index < -0.39 is 92.4 Å². The fourth-order valence-electron chi connectivity index (χ4n) is 6.16. The topological polar surface area (TPSA) is 234 Å². The van der Waals surface area contributed by atoms with Gasteiger partial charge < -0.3 is 69.5 Å². The predicted molar refractivity (Wildman–Crippen MR) is 160 cm³/mol. The van der Waals surface area contributed by atoms with Crippen molar-refractivity contribution in [3.63, 3.8) is 0 Å². The number of nitrogens with one attached hydrogen (secondary N) is 1. The third-order valence-electron chi connectivity index (χ3n) is 8.96. The molecule has 1 amide bonds. The number of ether oxygens (including phenoxy) is 5. The standard InChI is InChI=1S/C31H55NO14/c1-16(34)12-10-8-6-4-5-7-9-11-13-21(36)32-22-20(14-33)43-17(2)28(24(22)38)46-31-27(41)25(39)29(18(3)44-31)45-30-26(40)23(37)19(35)15-42-30/h17-20,22-31,33,35,37-41H,4-15H2,1-3H3,(H,32,36)/t17-,18?,19+,20?,22-,23?,24?,25?,26?,27?,28?,29-,30-,31-/m0/s1. The van der Waals surface area contributed by atoms with E-state index in [1.807, 2.05) is 0 Å². The van der Waals surface area contributed by atoms with Gasteiger partial charge in [-0.1, -0.05) is 38.5 Å². The maximum atomic E-state index is 12.8. The summed E-state index contributed by atoms with van der Waals surface area (Å²) in [6.07, 6.45) is -8.35. The molecule has 3 saturated heterocycles. The van der Waals surface area contributed by atoms with Crippen molar-refractivity contribution in [2.24, 2.45) is 0 Å². The van der Waals surface area contributed by atoms with Crippen LogP contribution in [0.2, 0.25) is 0 Å². The summed E-state index contributed by atoms with van der Waals surface area (Å²) in [7, 11) is 0. The van der Waals surface area contributed by atoms with Crippen molar-refractivity contribution in [1.29, 1.82) is 0 Å². The molecule has 14 atom stereocenters. The Morgan fingerprint density at radius 1 is 0.696 bits per heavy atom. The Kier molecular flexibility index (Phi) is 16.2. The van der Waals surface area contributed by atoms with E-state index in [4.69, 9.17) is 23.7 Å². The Morgan fingerprint density at radius 3 is 1.83 bits per heavy atom. The number of carbonyl (C=O) groups excluding carboxylic acids is 2. The van der Waals surface area contributed by atoms with Gasteiger partial charge >= 0.3 is 0 Å². The molecular formula is C31H55NO14. The van der Waals surface area contributed by atoms with E-state index in [9.17, 15) is 45.3 Å². The van der Waals surface area contributed by atoms with Crippen LogP contribution >= 0.6 is 0 Å². The Hall–Kier alpha value is -1.34. The van der Waals surface area contributed by atoms with Crippen molar-refractivity contribution in [1.82, 2.24) is 5.32 Å². The van der Waals surface area contributed by atoms with Gasteiger partial charge in [0, 0.05) is 12.8 Å². The minimum Gasteiger partial charge on any atom is -0.394 e. The second-order valence-electron chi connectivity index (χ2n) is 12.8. The quantitative estimate of drug-likeness (QED) is 0.0851. The molecule has 0 bridgehead atoms. The van der Waals surface area contributed by atoms with Crippen molar-refractivity contribution < 1.29 is 69.0 Å². The number of hydrogen-bond donors (Lipinski definition) is 8. The van der Waals surface area contributed by atoms with Gasteiger partial charge in [-0.2, -0.15) is 0 Å². The summed E-state index contributed by atoms with van der Waals surface area (Å²) in [4.78, 5) is 23.8. The van der Waals surface area contributed by atoms with E-state index in [-0.39, 0.29) is 24.7 Å². The van der Waals surface area contributed by atoms with Crippen LogP contribution < -0.4 is 5.32 Å². The largest absolute Gasteiger partial charge is 0.394 e. The number of unbranched alkanes of at least 4 members (excludes halogenated alkanes) is 7. The first-order valence-corrected chi connectivity index (χ1v) is 16.6. The molecule has 3 rings (SSSR count). The van der Waals surface area contributed by atoms with Crippen molar-refractivity contribution >= 4 is 11.7 Å². The van der Waals surface area contributed by atoms with Crippen LogP contribution in [0.15, 0.2) is 0 Å². The van der Waals surface area contributed by atoms with Gasteiger partial charge in [0.25, 0.3) is 0 Å². The van der Waals surface area contributed by atoms with Gasteiger partial charge in [-0.05, 0) is 33.6 Å². The molecule has 3 fully saturated rings. The van der Waals surface area contributed by atoms with E-state index in [0.717, 1.165) is 44.9 Å². The SMILES string of the molecule is CC(=O)CCCCCCCCCCC(=O)N[C@H]1C(CO)O[C@@H](C)C(O[C@@H]2OC(C)[C@H](O[C@@H]3OC[C@@H](O)C(O)C3O)C(O)C2O)C1O. The molecule has 0 aromatic heterocycles. The van der Waals surface area contributed by atoms with Crippen molar-refractivity contribution in [2.45, 2.75) is 171 Å². The molecule has 8 N–H and O–H groups in total. The molecule has 15 nitrogen and oxygen atoms in total. The molecule has 268 valence electrons. The smallest absolute Gasteiger partial charge is 0.220 e. The van der Waals surface area contributed by atoms with Gasteiger partial charge in [0.2, 0.25) is 5.91 Å². The van der Waals surface area contributed by atoms with Gasteiger partial charge in [-0.3, -0.25) is 4.79 Å². The van der Waals surface area contributed by atoms with E-state index in [1.54, 1.807) is 13.8 Å². The molecule has 0 spiro atoms. The second kappa shape index (κ2) is 19.0. The third kappa shape index (κ3) is 10.8. The monoisotopic (exact) mass is 665 g/mol. The van der Waals surface area contributed by atoms with E-state index >= 15 is 0 Å². The van der Waals surface area contributed by atoms with E-state index in [1.165, 1.54) is 6.92 Å². The Morgan fingerprint density at radius 2 is 1.22 bits per heavy atom. The molecule has 3 heterocycles. The summed E-state index contributed by atoms with van der Waals surface area (Å²) >= 11 is 0. The van der Waals surface area contributed by atoms with Crippen LogP contribution in [-0.4, -0.2) is 146 Å². The number of amides is 1. The average molecular weight is 666 g/mol. The maximum absolute atomic E-state index is 12.8. The van der Waals surface area contributed by atoms with Crippen molar-refractivity contribution in [3.05, 3.63) is 0 Å². The molecule has 0 saturated carbocycles. The molecule has 3 aliphatic rings. The van der Waals surface area contributed by atoms with Gasteiger partial charge in [-0.15, -0.1) is 0 Å². The van der Waals surface area contributed by atoms with Gasteiger partial charge in [0.05, 0.1) is 31.5 Å². The number of ketones is 1. The normalized spacial score (nSPS) is 40.0. The van der Waals surface area contributed by atoms with Crippen LogP contribution in [0, 0.1) is 0 Å². The number of aliphatic hydroxyl groups excluding tert-OH is 7. The Labute approximate surface area is 270 Å². The fraction of sp³-hybridized carbons (Fsp3) is 0.935. The number of hydrogen-bond acceptors (Lipinski definition) is 14. The summed E-state index contributed by atoms with van der Waals surface area (Å²) in [5.41, 5.74) is 0. The van der Waals surface area contributed by atoms with Crippen LogP contribution in [0.4, 0.5) is 0 Å². The molecule has 46 heavy (non-hydrogen) atoms. The summed E-state index contributed by atoms with van der Waals surface area (Å²) in [5.74, 6) is -0.0916. The second-order valence-corrected chi connectivity index (χ2v) is 12.8. The Bertz CT molecular complexity index is 928. The predicted octanol–water partition coefficient (Wildman–Crippen LogP) is -1.22. The van der Waals surface area contributed by atoms with Gasteiger partial charge in [0.1, 0.15) is 60.7 Å². The first kappa shape index (κ1) is 39.1. The highest BCUT2D eigenvalue weighted by atomic mass is 16.7. The van der Waals surface area contributed by atoms with Crippen molar-refractivity contribution in [3.8, 4) is 0 Å². The molecule has 8 unspecified atom stereocenters. The lowest BCUT2D eigenvalue weighted by Gasteiger charge is -2.48. The summed E-state index contributed by atoms with van der Waals surface area (Å²) in [5, 5.41) is 75.4. The summed E-state index contributed by atoms with van der Waals surface area (Å²) in [6, 6.07) is -1.01. The van der Waals surface area contributed by atoms with Gasteiger partial charge in [0.15, 0.2) is 12.6 Å². The minimum absolute atomic E-state index is 0.222. The molecular weight excluding hydrogens is 610 g/mol. The number of rotatable bonds is 17. The third-order valence-corrected chi connectivity index (χ3v) is 8.96. The molecule has 0 radical (unpaired) electrons. The maximum Gasteiger partial charge on any atom is 0.220 e. The molecule has 0 aromatic carbocycles. The van der Waals surface area contributed by atoms with E-state index in [2.05, 4.69) is 5.32 Å². The molecule has 3 aliphatic heterocycles. The van der Waals surface area contributed by atoms with Crippen LogP contribution in [0.5, 0.6) is 0 Å². The van der Waals surface area contributed by atoms with Gasteiger partial charge in [-0.25, -0.2) is 0 Å². The first-order valence-electron chi connectivity index (χ1n) is 16.6. The van der Waals surface area contributed by atoms with Crippen LogP contribution in [0.25, 0.3) is 0 Å². The van der Waals surface area contributed by atoms with Crippen molar-refractivity contribution in [2.75, 3.05) is 13.2 Å². The molecule has 0 aromatic rings. The minimum atomic E-state index is -1.68. The molecule has 0 aliphatic carbocycles. The van der Waals surface area contributed by atoms with E-state index in [0.29, 0.717) is 12.8 Å². The highest BCUT2D eigenvalue weighted by Gasteiger charge is 2.51. The van der Waals surface area contributed by atoms with Crippen LogP contribution in [0.1, 0.15) is 85.0 Å². The highest BCUT2D eigenvalue weighted by molar-refractivity contribution is 5.76. The number of aliphatic hydroxyl groups is 7. The average Bonchev–Trinajstić information content (AvgIpc) is 3.01. The zero-order chi connectivity index (χ0) is 34.0. The Balaban J connectivity index is 1.47. The fourth-order valence-corrected chi connectivity index (χ4v) is 6.16. The lowest BCUT2D eigenvalue weighted by Crippen LogP contribution is -2.67. The lowest BCUT2D eigenvalue weighted by atomic mass is 9.92. The highest BCUT2D eigenvalue weighted by Crippen LogP contribution is 2.31. The van der Waals surface area contributed by atoms with Crippen LogP contribution in [0.3, 0.4) is 0 Å². The lowest BCUT2D eigenvalue weighted by molar-refractivity contribution is -0.358. The number of carbonyl (C=O) groups is 2. The molecule has 15 heteroatoms. The first-order chi connectivity index (χ1) is 21.8. The summed E-state index contributed by atoms with van der Waals surface area (Å²) in [6.45, 7) is 3.94. The summed E-state index contributed by atoms with van der Waals surface area (Å²) < 4.78 is 28.4. The zero-order valence-electron chi connectivity index (χ0n) is 27.1. The number of Topliss-reactive ketones (excluding diaryl/α,β-unsaturated/α-hetero) is 1. The van der Waals surface area contributed by atoms with Crippen LogP contribution in [-0.2, 0) is 33.3 Å².